The van der Waals surface area contributed by atoms with E-state index in [1.54, 1.807) is 29.2 Å². The Morgan fingerprint density at radius 2 is 1.97 bits per heavy atom. The van der Waals surface area contributed by atoms with E-state index in [1.807, 2.05) is 0 Å². The molecule has 3 heterocycles. The van der Waals surface area contributed by atoms with Gasteiger partial charge in [-0.25, -0.2) is 0 Å². The topological polar surface area (TPSA) is 105 Å². The first kappa shape index (κ1) is 21.7. The van der Waals surface area contributed by atoms with Crippen LogP contribution in [0.2, 0.25) is 0 Å². The molecule has 33 heavy (non-hydrogen) atoms. The fraction of sp³-hybridized carbons (Fsp3) is 0.375. The smallest absolute Gasteiger partial charge is 0.261 e. The molecule has 2 aromatic heterocycles. The lowest BCUT2D eigenvalue weighted by Crippen LogP contribution is -2.41. The predicted molar refractivity (Wildman–Crippen MR) is 124 cm³/mol. The Balaban J connectivity index is 1.51. The molecule has 1 aromatic carbocycles. The Labute approximate surface area is 194 Å². The summed E-state index contributed by atoms with van der Waals surface area (Å²) in [5.74, 6) is -0.0348. The van der Waals surface area contributed by atoms with E-state index in [4.69, 9.17) is 19.3 Å². The van der Waals surface area contributed by atoms with Crippen molar-refractivity contribution in [1.29, 1.82) is 5.41 Å². The Morgan fingerprint density at radius 1 is 1.18 bits per heavy atom. The summed E-state index contributed by atoms with van der Waals surface area (Å²) in [6, 6.07) is 6.96. The van der Waals surface area contributed by atoms with Gasteiger partial charge in [-0.2, -0.15) is 0 Å². The zero-order valence-electron chi connectivity index (χ0n) is 18.4. The van der Waals surface area contributed by atoms with Crippen LogP contribution in [0.15, 0.2) is 28.7 Å². The summed E-state index contributed by atoms with van der Waals surface area (Å²) in [6.45, 7) is 2.12. The first-order chi connectivity index (χ1) is 16.1. The number of para-hydroxylation sites is 1. The van der Waals surface area contributed by atoms with Crippen LogP contribution in [-0.2, 0) is 17.6 Å². The fourth-order valence-corrected chi connectivity index (χ4v) is 5.71. The number of carbonyl (C=O) groups excluding carboxylic acids is 2. The first-order valence-electron chi connectivity index (χ1n) is 11.0. The van der Waals surface area contributed by atoms with Gasteiger partial charge in [-0.1, -0.05) is 12.1 Å². The number of thiophene rings is 1. The zero-order valence-corrected chi connectivity index (χ0v) is 19.2. The van der Waals surface area contributed by atoms with Crippen molar-refractivity contribution in [3.05, 3.63) is 51.4 Å². The van der Waals surface area contributed by atoms with Crippen LogP contribution in [0.1, 0.15) is 44.0 Å². The highest BCUT2D eigenvalue weighted by molar-refractivity contribution is 7.17. The van der Waals surface area contributed by atoms with E-state index in [9.17, 15) is 9.59 Å². The van der Waals surface area contributed by atoms with Gasteiger partial charge < -0.3 is 24.1 Å². The normalized spacial score (nSPS) is 15.8. The van der Waals surface area contributed by atoms with Gasteiger partial charge in [0.15, 0.2) is 11.3 Å². The van der Waals surface area contributed by atoms with Crippen LogP contribution < -0.4 is 15.6 Å². The number of fused-ring (bicyclic) bond motifs is 2. The molecule has 0 spiro atoms. The van der Waals surface area contributed by atoms with Crippen molar-refractivity contribution in [3.63, 3.8) is 0 Å². The summed E-state index contributed by atoms with van der Waals surface area (Å²) in [7, 11) is 1.53. The maximum Gasteiger partial charge on any atom is 0.261 e. The van der Waals surface area contributed by atoms with E-state index in [2.05, 4.69) is 5.32 Å². The molecule has 9 heteroatoms. The van der Waals surface area contributed by atoms with Gasteiger partial charge in [-0.3, -0.25) is 15.0 Å². The van der Waals surface area contributed by atoms with Gasteiger partial charge in [-0.15, -0.1) is 11.3 Å². The van der Waals surface area contributed by atoms with Crippen LogP contribution in [0.4, 0.5) is 5.00 Å². The van der Waals surface area contributed by atoms with Crippen LogP contribution in [0.25, 0.3) is 11.0 Å². The monoisotopic (exact) mass is 467 g/mol. The molecule has 0 atom stereocenters. The van der Waals surface area contributed by atoms with E-state index in [0.717, 1.165) is 36.1 Å². The zero-order chi connectivity index (χ0) is 22.9. The molecule has 5 rings (SSSR count). The van der Waals surface area contributed by atoms with Gasteiger partial charge in [0.2, 0.25) is 5.55 Å². The van der Waals surface area contributed by atoms with Crippen LogP contribution in [0.5, 0.6) is 5.75 Å². The standard InChI is InChI=1S/C24H25N3O5S/c1-30-17-7-4-5-14-13-16(21(25)32-20(14)17)22(28)26-23-19(15-6-2-3-8-18(15)33-23)24(29)27-9-11-31-12-10-27/h4-5,7,13,25H,2-3,6,8-12H2,1H3,(H,26,28). The summed E-state index contributed by atoms with van der Waals surface area (Å²) in [5, 5.41) is 12.4. The quantitative estimate of drug-likeness (QED) is 0.610. The number of nitrogens with zero attached hydrogens (tertiary/aromatic N) is 1. The fourth-order valence-electron chi connectivity index (χ4n) is 4.44. The van der Waals surface area contributed by atoms with Gasteiger partial charge in [0.1, 0.15) is 10.6 Å². The third-order valence-electron chi connectivity index (χ3n) is 6.13. The molecule has 3 aromatic rings. The summed E-state index contributed by atoms with van der Waals surface area (Å²) >= 11 is 1.47. The van der Waals surface area contributed by atoms with Gasteiger partial charge in [-0.05, 0) is 43.4 Å². The summed E-state index contributed by atoms with van der Waals surface area (Å²) in [4.78, 5) is 29.6. The lowest BCUT2D eigenvalue weighted by atomic mass is 9.95. The van der Waals surface area contributed by atoms with Crippen molar-refractivity contribution < 1.29 is 23.5 Å². The number of anilines is 1. The molecule has 0 unspecified atom stereocenters. The summed E-state index contributed by atoms with van der Waals surface area (Å²) in [5.41, 5.74) is 1.91. The van der Waals surface area contributed by atoms with Crippen LogP contribution in [0, 0.1) is 5.41 Å². The third kappa shape index (κ3) is 4.02. The number of nitrogens with one attached hydrogen (secondary N) is 2. The van der Waals surface area contributed by atoms with Crippen LogP contribution >= 0.6 is 11.3 Å². The second kappa shape index (κ2) is 8.99. The van der Waals surface area contributed by atoms with Crippen molar-refractivity contribution in [1.82, 2.24) is 4.90 Å². The molecule has 2 aliphatic rings. The largest absolute Gasteiger partial charge is 0.493 e. The van der Waals surface area contributed by atoms with Crippen molar-refractivity contribution in [2.75, 3.05) is 38.7 Å². The molecule has 2 amide bonds. The molecule has 1 aliphatic heterocycles. The second-order valence-electron chi connectivity index (χ2n) is 8.14. The molecule has 1 aliphatic carbocycles. The maximum absolute atomic E-state index is 13.4. The number of amides is 2. The number of methoxy groups -OCH3 is 1. The molecular formula is C24H25N3O5S. The molecule has 172 valence electrons. The van der Waals surface area contributed by atoms with Gasteiger partial charge in [0.05, 0.1) is 25.9 Å². The van der Waals surface area contributed by atoms with Crippen molar-refractivity contribution in [3.8, 4) is 5.75 Å². The van der Waals surface area contributed by atoms with Crippen molar-refractivity contribution in [2.45, 2.75) is 25.7 Å². The number of benzene rings is 1. The third-order valence-corrected chi connectivity index (χ3v) is 7.34. The number of hydrogen-bond acceptors (Lipinski definition) is 7. The van der Waals surface area contributed by atoms with E-state index in [1.165, 1.54) is 18.4 Å². The number of morpholine rings is 1. The molecule has 0 radical (unpaired) electrons. The highest BCUT2D eigenvalue weighted by Crippen LogP contribution is 2.39. The SMILES string of the molecule is COc1cccc2cc(C(=O)Nc3sc4c(c3C(=O)N3CCOCC3)CCCC4)c(=N)oc12. The first-order valence-corrected chi connectivity index (χ1v) is 11.9. The van der Waals surface area contributed by atoms with E-state index in [-0.39, 0.29) is 17.0 Å². The lowest BCUT2D eigenvalue weighted by Gasteiger charge is -2.27. The number of aryl methyl sites for hydroxylation is 1. The average Bonchev–Trinajstić information content (AvgIpc) is 3.21. The molecular weight excluding hydrogens is 442 g/mol. The molecule has 1 fully saturated rings. The molecule has 1 saturated heterocycles. The Bertz CT molecular complexity index is 1290. The van der Waals surface area contributed by atoms with Gasteiger partial charge in [0, 0.05) is 23.4 Å². The van der Waals surface area contributed by atoms with Crippen LogP contribution in [-0.4, -0.2) is 50.1 Å². The maximum atomic E-state index is 13.4. The number of hydrogen-bond donors (Lipinski definition) is 2. The number of rotatable bonds is 4. The van der Waals surface area contributed by atoms with E-state index < -0.39 is 5.91 Å². The van der Waals surface area contributed by atoms with Gasteiger partial charge >= 0.3 is 0 Å². The number of carbonyl (C=O) groups is 2. The highest BCUT2D eigenvalue weighted by Gasteiger charge is 2.30. The van der Waals surface area contributed by atoms with Crippen molar-refractivity contribution >= 4 is 39.1 Å². The Kier molecular flexibility index (Phi) is 5.90. The van der Waals surface area contributed by atoms with Crippen LogP contribution in [0.3, 0.4) is 0 Å². The minimum absolute atomic E-state index is 0.0629. The summed E-state index contributed by atoms with van der Waals surface area (Å²) < 4.78 is 16.3. The lowest BCUT2D eigenvalue weighted by molar-refractivity contribution is 0.0303. The second-order valence-corrected chi connectivity index (χ2v) is 9.25. The summed E-state index contributed by atoms with van der Waals surface area (Å²) in [6.07, 6.45) is 3.85. The van der Waals surface area contributed by atoms with Gasteiger partial charge in [0.25, 0.3) is 11.8 Å². The predicted octanol–water partition coefficient (Wildman–Crippen LogP) is 3.59. The molecule has 0 bridgehead atoms. The Morgan fingerprint density at radius 3 is 2.76 bits per heavy atom. The minimum atomic E-state index is -0.469. The van der Waals surface area contributed by atoms with E-state index in [0.29, 0.717) is 53.6 Å². The highest BCUT2D eigenvalue weighted by atomic mass is 32.1. The number of ether oxygens (including phenoxy) is 2. The van der Waals surface area contributed by atoms with E-state index >= 15 is 0 Å². The molecule has 2 N–H and O–H groups in total. The average molecular weight is 468 g/mol. The molecule has 8 nitrogen and oxygen atoms in total. The minimum Gasteiger partial charge on any atom is -0.493 e. The molecule has 0 saturated carbocycles. The Hall–Kier alpha value is -3.17. The van der Waals surface area contributed by atoms with Crippen molar-refractivity contribution in [2.24, 2.45) is 0 Å².